The number of methoxy groups -OCH3 is 1. The molecule has 1 aromatic carbocycles. The molecule has 0 bridgehead atoms. The molecule has 7 nitrogen and oxygen atoms in total. The van der Waals surface area contributed by atoms with Crippen LogP contribution in [0.2, 0.25) is 0 Å². The lowest BCUT2D eigenvalue weighted by atomic mass is 10.2. The molecular formula is C13H14N2O5. The van der Waals surface area contributed by atoms with Gasteiger partial charge in [-0.25, -0.2) is 0 Å². The lowest BCUT2D eigenvalue weighted by molar-refractivity contribution is -0.384. The van der Waals surface area contributed by atoms with Crippen molar-refractivity contribution in [3.63, 3.8) is 0 Å². The second-order valence-electron chi connectivity index (χ2n) is 3.80. The summed E-state index contributed by atoms with van der Waals surface area (Å²) in [5, 5.41) is 13.1. The van der Waals surface area contributed by atoms with Crippen molar-refractivity contribution in [3.05, 3.63) is 46.0 Å². The average Bonchev–Trinajstić information content (AvgIpc) is 2.45. The smallest absolute Gasteiger partial charge is 0.307 e. The Hall–Kier alpha value is -2.70. The van der Waals surface area contributed by atoms with E-state index in [2.05, 4.69) is 10.1 Å². The van der Waals surface area contributed by atoms with Crippen LogP contribution in [0.15, 0.2) is 30.3 Å². The van der Waals surface area contributed by atoms with Gasteiger partial charge in [-0.3, -0.25) is 19.7 Å². The summed E-state index contributed by atoms with van der Waals surface area (Å²) in [5.74, 6) is -0.798. The highest BCUT2D eigenvalue weighted by Crippen LogP contribution is 2.13. The fourth-order valence-electron chi connectivity index (χ4n) is 1.36. The van der Waals surface area contributed by atoms with Crippen molar-refractivity contribution >= 4 is 23.6 Å². The second-order valence-corrected chi connectivity index (χ2v) is 3.80. The molecule has 0 aliphatic carbocycles. The number of benzene rings is 1. The van der Waals surface area contributed by atoms with Crippen molar-refractivity contribution in [1.82, 2.24) is 5.32 Å². The van der Waals surface area contributed by atoms with Gasteiger partial charge in [0.25, 0.3) is 5.69 Å². The largest absolute Gasteiger partial charge is 0.469 e. The quantitative estimate of drug-likeness (QED) is 0.366. The van der Waals surface area contributed by atoms with E-state index in [0.29, 0.717) is 5.56 Å². The van der Waals surface area contributed by atoms with Gasteiger partial charge in [0.05, 0.1) is 18.5 Å². The molecule has 0 aliphatic rings. The number of non-ortho nitro benzene ring substituents is 1. The minimum atomic E-state index is -0.506. The molecule has 20 heavy (non-hydrogen) atoms. The summed E-state index contributed by atoms with van der Waals surface area (Å²) >= 11 is 0. The van der Waals surface area contributed by atoms with Gasteiger partial charge in [-0.15, -0.1) is 0 Å². The fourth-order valence-corrected chi connectivity index (χ4v) is 1.36. The van der Waals surface area contributed by atoms with Crippen molar-refractivity contribution in [1.29, 1.82) is 0 Å². The maximum Gasteiger partial charge on any atom is 0.307 e. The summed E-state index contributed by atoms with van der Waals surface area (Å²) in [6.07, 6.45) is 2.80. The highest BCUT2D eigenvalue weighted by atomic mass is 16.6. The molecule has 0 saturated carbocycles. The van der Waals surface area contributed by atoms with Gasteiger partial charge in [-0.2, -0.15) is 0 Å². The third kappa shape index (κ3) is 5.30. The number of hydrogen-bond acceptors (Lipinski definition) is 5. The molecule has 0 saturated heterocycles. The Kier molecular flexibility index (Phi) is 5.89. The second kappa shape index (κ2) is 7.67. The van der Waals surface area contributed by atoms with Gasteiger partial charge in [-0.05, 0) is 11.6 Å². The van der Waals surface area contributed by atoms with E-state index in [-0.39, 0.29) is 24.6 Å². The van der Waals surface area contributed by atoms with Crippen LogP contribution in [-0.4, -0.2) is 30.5 Å². The zero-order valence-corrected chi connectivity index (χ0v) is 10.9. The summed E-state index contributed by atoms with van der Waals surface area (Å²) < 4.78 is 4.42. The monoisotopic (exact) mass is 278 g/mol. The maximum atomic E-state index is 11.4. The van der Waals surface area contributed by atoms with Crippen LogP contribution in [0.25, 0.3) is 6.08 Å². The lowest BCUT2D eigenvalue weighted by Gasteiger charge is -2.00. The molecule has 1 N–H and O–H groups in total. The van der Waals surface area contributed by atoms with Crippen LogP contribution in [0.5, 0.6) is 0 Å². The molecule has 0 radical (unpaired) electrons. The van der Waals surface area contributed by atoms with Gasteiger partial charge in [0.2, 0.25) is 5.91 Å². The van der Waals surface area contributed by atoms with Crippen molar-refractivity contribution in [2.45, 2.75) is 6.42 Å². The van der Waals surface area contributed by atoms with E-state index in [4.69, 9.17) is 0 Å². The predicted octanol–water partition coefficient (Wildman–Crippen LogP) is 1.29. The molecule has 0 unspecified atom stereocenters. The molecule has 0 aromatic heterocycles. The Morgan fingerprint density at radius 3 is 2.85 bits per heavy atom. The molecule has 0 heterocycles. The summed E-state index contributed by atoms with van der Waals surface area (Å²) in [6.45, 7) is 0.171. The lowest BCUT2D eigenvalue weighted by Crippen LogP contribution is -2.24. The third-order valence-electron chi connectivity index (χ3n) is 2.36. The Labute approximate surface area is 115 Å². The summed E-state index contributed by atoms with van der Waals surface area (Å²) in [7, 11) is 1.27. The first kappa shape index (κ1) is 15.4. The third-order valence-corrected chi connectivity index (χ3v) is 2.36. The average molecular weight is 278 g/mol. The highest BCUT2D eigenvalue weighted by molar-refractivity contribution is 5.91. The first-order valence-corrected chi connectivity index (χ1v) is 5.80. The molecule has 7 heteroatoms. The van der Waals surface area contributed by atoms with Crippen molar-refractivity contribution in [3.8, 4) is 0 Å². The van der Waals surface area contributed by atoms with Gasteiger partial charge in [0.15, 0.2) is 0 Å². The number of nitro benzene ring substituents is 1. The maximum absolute atomic E-state index is 11.4. The van der Waals surface area contributed by atoms with Gasteiger partial charge in [0, 0.05) is 24.8 Å². The Bertz CT molecular complexity index is 539. The standard InChI is InChI=1S/C13H14N2O5/c1-20-13(17)7-8-14-12(16)6-5-10-3-2-4-11(9-10)15(18)19/h2-6,9H,7-8H2,1H3,(H,14,16). The minimum Gasteiger partial charge on any atom is -0.469 e. The number of hydrogen-bond donors (Lipinski definition) is 1. The van der Waals surface area contributed by atoms with E-state index < -0.39 is 10.9 Å². The number of ether oxygens (including phenoxy) is 1. The first-order valence-electron chi connectivity index (χ1n) is 5.80. The van der Waals surface area contributed by atoms with Crippen molar-refractivity contribution in [2.24, 2.45) is 0 Å². The minimum absolute atomic E-state index is 0.0433. The number of esters is 1. The summed E-state index contributed by atoms with van der Waals surface area (Å²) in [6, 6.07) is 5.91. The normalized spacial score (nSPS) is 10.2. The number of carbonyl (C=O) groups excluding carboxylic acids is 2. The molecule has 1 rings (SSSR count). The molecule has 1 aromatic rings. The SMILES string of the molecule is COC(=O)CCNC(=O)C=Cc1cccc([N+](=O)[O-])c1. The van der Waals surface area contributed by atoms with Crippen LogP contribution in [0.3, 0.4) is 0 Å². The van der Waals surface area contributed by atoms with E-state index >= 15 is 0 Å². The number of nitrogens with one attached hydrogen (secondary N) is 1. The van der Waals surface area contributed by atoms with Crippen LogP contribution in [0, 0.1) is 10.1 Å². The summed E-state index contributed by atoms with van der Waals surface area (Å²) in [5.41, 5.74) is 0.501. The number of carbonyl (C=O) groups is 2. The van der Waals surface area contributed by atoms with E-state index in [9.17, 15) is 19.7 Å². The van der Waals surface area contributed by atoms with Crippen LogP contribution < -0.4 is 5.32 Å². The zero-order chi connectivity index (χ0) is 15.0. The van der Waals surface area contributed by atoms with Gasteiger partial charge >= 0.3 is 5.97 Å². The predicted molar refractivity (Wildman–Crippen MR) is 71.8 cm³/mol. The van der Waals surface area contributed by atoms with Crippen LogP contribution in [0.1, 0.15) is 12.0 Å². The number of nitrogens with zero attached hydrogens (tertiary/aromatic N) is 1. The summed E-state index contributed by atoms with van der Waals surface area (Å²) in [4.78, 5) is 32.3. The fraction of sp³-hybridized carbons (Fsp3) is 0.231. The number of nitro groups is 1. The van der Waals surface area contributed by atoms with Gasteiger partial charge in [-0.1, -0.05) is 12.1 Å². The van der Waals surface area contributed by atoms with Crippen LogP contribution in [0.4, 0.5) is 5.69 Å². The topological polar surface area (TPSA) is 98.5 Å². The Morgan fingerprint density at radius 1 is 1.45 bits per heavy atom. The van der Waals surface area contributed by atoms with Crippen LogP contribution >= 0.6 is 0 Å². The number of rotatable bonds is 6. The zero-order valence-electron chi connectivity index (χ0n) is 10.9. The van der Waals surface area contributed by atoms with E-state index in [1.54, 1.807) is 6.07 Å². The molecular weight excluding hydrogens is 264 g/mol. The van der Waals surface area contributed by atoms with E-state index in [1.165, 1.54) is 37.5 Å². The van der Waals surface area contributed by atoms with Crippen LogP contribution in [-0.2, 0) is 14.3 Å². The first-order chi connectivity index (χ1) is 9.52. The molecule has 0 atom stereocenters. The molecule has 0 spiro atoms. The Morgan fingerprint density at radius 2 is 2.20 bits per heavy atom. The highest BCUT2D eigenvalue weighted by Gasteiger charge is 2.04. The number of amides is 1. The van der Waals surface area contributed by atoms with E-state index in [1.807, 2.05) is 0 Å². The van der Waals surface area contributed by atoms with E-state index in [0.717, 1.165) is 0 Å². The van der Waals surface area contributed by atoms with Gasteiger partial charge in [0.1, 0.15) is 0 Å². The molecule has 0 fully saturated rings. The van der Waals surface area contributed by atoms with Crippen molar-refractivity contribution < 1.29 is 19.2 Å². The molecule has 106 valence electrons. The molecule has 1 amide bonds. The van der Waals surface area contributed by atoms with Gasteiger partial charge < -0.3 is 10.1 Å². The molecule has 0 aliphatic heterocycles. The van der Waals surface area contributed by atoms with Crippen molar-refractivity contribution in [2.75, 3.05) is 13.7 Å². The Balaban J connectivity index is 2.51.